The van der Waals surface area contributed by atoms with Gasteiger partial charge in [-0.15, -0.1) is 0 Å². The Morgan fingerprint density at radius 3 is 1.44 bits per heavy atom. The number of carbonyl (C=O) groups is 1. The zero-order valence-electron chi connectivity index (χ0n) is 21.6. The molecule has 0 amide bonds. The molecule has 1 unspecified atom stereocenters. The number of hydrogen-bond donors (Lipinski definition) is 5. The second kappa shape index (κ2) is 14.4. The Morgan fingerprint density at radius 1 is 0.605 bits per heavy atom. The normalized spacial score (nSPS) is 34.6. The minimum atomic E-state index is -5.57. The Hall–Kier alpha value is -1.29. The van der Waals surface area contributed by atoms with Gasteiger partial charge in [0.1, 0.15) is 30.5 Å². The average Bonchev–Trinajstić information content (AvgIpc) is 2.81. The smallest absolute Gasteiger partial charge is 0.397 e. The molecule has 0 aromatic heterocycles. The first kappa shape index (κ1) is 37.9. The Morgan fingerprint density at radius 2 is 1.05 bits per heavy atom. The third-order valence-electron chi connectivity index (χ3n) is 5.48. The van der Waals surface area contributed by atoms with E-state index in [2.05, 4.69) is 16.7 Å². The second-order valence-corrected chi connectivity index (χ2v) is 12.5. The van der Waals surface area contributed by atoms with Crippen LogP contribution in [0.4, 0.5) is 0 Å². The molecule has 2 rings (SSSR count). The molecule has 10 atom stereocenters. The molecule has 254 valence electrons. The van der Waals surface area contributed by atoms with Gasteiger partial charge >= 0.3 is 47.6 Å². The van der Waals surface area contributed by atoms with Gasteiger partial charge in [-0.2, -0.15) is 33.7 Å². The highest BCUT2D eigenvalue weighted by molar-refractivity contribution is 7.81. The van der Waals surface area contributed by atoms with Crippen molar-refractivity contribution in [2.24, 2.45) is 0 Å². The van der Waals surface area contributed by atoms with Crippen LogP contribution in [0.2, 0.25) is 0 Å². The summed E-state index contributed by atoms with van der Waals surface area (Å²) < 4.78 is 177. The number of ether oxygens (including phenoxy) is 6. The highest BCUT2D eigenvalue weighted by Gasteiger charge is 2.57. The minimum Gasteiger partial charge on any atom is -0.479 e. The largest absolute Gasteiger partial charge is 0.479 e. The summed E-state index contributed by atoms with van der Waals surface area (Å²) in [5, 5.41) is 9.63. The van der Waals surface area contributed by atoms with E-state index in [0.717, 1.165) is 21.3 Å². The van der Waals surface area contributed by atoms with Gasteiger partial charge in [0.25, 0.3) is 0 Å². The van der Waals surface area contributed by atoms with Gasteiger partial charge in [0.2, 0.25) is 0 Å². The van der Waals surface area contributed by atoms with Gasteiger partial charge in [0.05, 0.1) is 6.61 Å². The first-order valence-corrected chi connectivity index (χ1v) is 16.3. The van der Waals surface area contributed by atoms with Crippen LogP contribution >= 0.6 is 0 Å². The quantitative estimate of drug-likeness (QED) is 0.101. The van der Waals surface area contributed by atoms with Crippen molar-refractivity contribution >= 4 is 47.6 Å². The fourth-order valence-corrected chi connectivity index (χ4v) is 5.82. The Kier molecular flexibility index (Phi) is 12.7. The zero-order chi connectivity index (χ0) is 33.1. The number of rotatable bonds is 15. The molecule has 0 radical (unpaired) electrons. The molecule has 0 aliphatic carbocycles. The van der Waals surface area contributed by atoms with Gasteiger partial charge in [-0.05, 0) is 0 Å². The Labute approximate surface area is 243 Å². The Bertz CT molecular complexity index is 1390. The summed E-state index contributed by atoms with van der Waals surface area (Å²) in [6, 6.07) is 0. The molecule has 2 aliphatic rings. The predicted octanol–water partition coefficient (Wildman–Crippen LogP) is -4.03. The summed E-state index contributed by atoms with van der Waals surface area (Å²) in [5.41, 5.74) is 0. The highest BCUT2D eigenvalue weighted by Crippen LogP contribution is 2.35. The van der Waals surface area contributed by atoms with Crippen molar-refractivity contribution in [1.29, 1.82) is 0 Å². The van der Waals surface area contributed by atoms with Crippen molar-refractivity contribution in [3.8, 4) is 0 Å². The summed E-state index contributed by atoms with van der Waals surface area (Å²) in [6.07, 6.45) is -21.7. The maximum absolute atomic E-state index is 11.9. The van der Waals surface area contributed by atoms with Crippen LogP contribution in [0.1, 0.15) is 0 Å². The molecule has 43 heavy (non-hydrogen) atoms. The Balaban J connectivity index is 2.67. The van der Waals surface area contributed by atoms with E-state index < -0.39 is 116 Å². The van der Waals surface area contributed by atoms with Gasteiger partial charge in [-0.3, -0.25) is 18.2 Å². The van der Waals surface area contributed by atoms with Crippen LogP contribution in [0.15, 0.2) is 0 Å². The third-order valence-corrected chi connectivity index (χ3v) is 7.31. The van der Waals surface area contributed by atoms with Crippen molar-refractivity contribution in [3.05, 3.63) is 0 Å². The number of methoxy groups -OCH3 is 3. The monoisotopic (exact) mass is 718 g/mol. The highest BCUT2D eigenvalue weighted by atomic mass is 32.3. The van der Waals surface area contributed by atoms with E-state index in [9.17, 15) is 52.7 Å². The molecule has 0 aromatic carbocycles. The van der Waals surface area contributed by atoms with Crippen LogP contribution in [0.25, 0.3) is 0 Å². The SMILES string of the molecule is CO[C@H]1O[C@H](COS(=O)(=O)O)C(O[C@@H]2O[C@@H](C(=O)O)[C@@H](OS(=O)(=O)O)[C@H](OC)[C@H]2OS(=O)(=O)O)[C@@H](OC)[C@H]1OS(=O)(=O)O. The lowest BCUT2D eigenvalue weighted by Gasteiger charge is -2.47. The third kappa shape index (κ3) is 11.2. The van der Waals surface area contributed by atoms with Crippen molar-refractivity contribution in [2.75, 3.05) is 27.9 Å². The van der Waals surface area contributed by atoms with Crippen LogP contribution in [0, 0.1) is 0 Å². The molecule has 0 aromatic rings. The molecule has 2 fully saturated rings. The molecule has 0 spiro atoms. The lowest BCUT2D eigenvalue weighted by atomic mass is 9.96. The van der Waals surface area contributed by atoms with Crippen LogP contribution in [-0.2, 0) is 91.5 Å². The zero-order valence-corrected chi connectivity index (χ0v) is 24.9. The van der Waals surface area contributed by atoms with E-state index in [0.29, 0.717) is 0 Å². The average molecular weight is 719 g/mol. The summed E-state index contributed by atoms with van der Waals surface area (Å²) >= 11 is 0. The molecular weight excluding hydrogens is 692 g/mol. The van der Waals surface area contributed by atoms with E-state index >= 15 is 0 Å². The molecule has 24 nitrogen and oxygen atoms in total. The number of carboxylic acids is 1. The minimum absolute atomic E-state index is 0.746. The molecule has 2 heterocycles. The molecule has 2 saturated heterocycles. The fourth-order valence-electron chi connectivity index (χ4n) is 4.06. The van der Waals surface area contributed by atoms with E-state index in [1.54, 1.807) is 0 Å². The summed E-state index contributed by atoms with van der Waals surface area (Å²) in [7, 11) is -19.1. The van der Waals surface area contributed by atoms with Crippen molar-refractivity contribution < 1.29 is 107 Å². The van der Waals surface area contributed by atoms with E-state index in [1.165, 1.54) is 0 Å². The van der Waals surface area contributed by atoms with Gasteiger partial charge < -0.3 is 33.5 Å². The molecular formula is C15H26O24S4. The van der Waals surface area contributed by atoms with Crippen LogP contribution in [0.3, 0.4) is 0 Å². The molecule has 28 heteroatoms. The van der Waals surface area contributed by atoms with Crippen molar-refractivity contribution in [3.63, 3.8) is 0 Å². The number of aliphatic carboxylic acids is 1. The summed E-state index contributed by atoms with van der Waals surface area (Å²) in [4.78, 5) is 11.9. The summed E-state index contributed by atoms with van der Waals surface area (Å²) in [5.74, 6) is -2.03. The van der Waals surface area contributed by atoms with E-state index in [4.69, 9.17) is 37.5 Å². The van der Waals surface area contributed by atoms with Crippen LogP contribution in [0.5, 0.6) is 0 Å². The predicted molar refractivity (Wildman–Crippen MR) is 125 cm³/mol. The van der Waals surface area contributed by atoms with Crippen molar-refractivity contribution in [2.45, 2.75) is 61.4 Å². The fraction of sp³-hybridized carbons (Fsp3) is 0.933. The first-order valence-electron chi connectivity index (χ1n) is 10.9. The second-order valence-electron chi connectivity index (χ2n) is 8.22. The van der Waals surface area contributed by atoms with E-state index in [-0.39, 0.29) is 0 Å². The molecule has 0 saturated carbocycles. The van der Waals surface area contributed by atoms with Crippen molar-refractivity contribution in [1.82, 2.24) is 0 Å². The maximum Gasteiger partial charge on any atom is 0.397 e. The topological polar surface area (TPSA) is 347 Å². The van der Waals surface area contributed by atoms with Gasteiger partial charge in [-0.25, -0.2) is 21.5 Å². The lowest BCUT2D eigenvalue weighted by Crippen LogP contribution is -2.67. The first-order chi connectivity index (χ1) is 19.5. The number of hydrogen-bond acceptors (Lipinski definition) is 19. The maximum atomic E-state index is 11.9. The summed E-state index contributed by atoms with van der Waals surface area (Å²) in [6.45, 7) is -1.21. The number of carboxylic acid groups (broad SMARTS) is 1. The standard InChI is InChI=1S/C15H26O24S4/c1-30-7-6(5(4-33-40(18,19)20)34-14(32-3)11(7)38-42(24,25)26)35-15-12(39-43(27,28)29)8(31-2)9(37-41(21,22)23)10(36-15)13(16)17/h5-12,14-15H,4H2,1-3H3,(H,16,17)(H,18,19,20)(H,21,22,23)(H,24,25,26)(H,27,28,29)/t5-,6?,7-,8+,9+,10-,11-,12-,14+,15-/m1/s1. The van der Waals surface area contributed by atoms with Crippen LogP contribution in [-0.4, -0.2) is 152 Å². The van der Waals surface area contributed by atoms with E-state index in [1.807, 2.05) is 0 Å². The van der Waals surface area contributed by atoms with Gasteiger partial charge in [-0.1, -0.05) is 0 Å². The molecule has 0 bridgehead atoms. The van der Waals surface area contributed by atoms with Crippen LogP contribution < -0.4 is 0 Å². The van der Waals surface area contributed by atoms with Gasteiger partial charge in [0, 0.05) is 21.3 Å². The molecule has 2 aliphatic heterocycles. The lowest BCUT2D eigenvalue weighted by molar-refractivity contribution is -0.349. The van der Waals surface area contributed by atoms with Gasteiger partial charge in [0.15, 0.2) is 30.9 Å². The molecule has 5 N–H and O–H groups in total.